The van der Waals surface area contributed by atoms with E-state index in [1.807, 2.05) is 37.4 Å². The number of fused-ring (bicyclic) bond motifs is 1. The van der Waals surface area contributed by atoms with E-state index < -0.39 is 17.9 Å². The van der Waals surface area contributed by atoms with Gasteiger partial charge in [0.1, 0.15) is 6.04 Å². The van der Waals surface area contributed by atoms with E-state index in [0.717, 1.165) is 22.0 Å². The lowest BCUT2D eigenvalue weighted by molar-refractivity contribution is -0.126. The van der Waals surface area contributed by atoms with E-state index in [1.54, 1.807) is 35.6 Å². The Morgan fingerprint density at radius 3 is 2.28 bits per heavy atom. The van der Waals surface area contributed by atoms with Gasteiger partial charge in [-0.3, -0.25) is 19.3 Å². The number of hydrogen-bond acceptors (Lipinski definition) is 5. The normalized spacial score (nSPS) is 14.9. The number of carbonyl (C=O) groups is 3. The second kappa shape index (κ2) is 9.44. The second-order valence-electron chi connectivity index (χ2n) is 7.97. The van der Waals surface area contributed by atoms with Crippen LogP contribution in [0.1, 0.15) is 57.2 Å². The van der Waals surface area contributed by atoms with Crippen LogP contribution >= 0.6 is 11.3 Å². The van der Waals surface area contributed by atoms with Crippen LogP contribution in [0.25, 0.3) is 0 Å². The van der Waals surface area contributed by atoms with E-state index in [4.69, 9.17) is 0 Å². The Labute approximate surface area is 191 Å². The maximum absolute atomic E-state index is 13.2. The summed E-state index contributed by atoms with van der Waals surface area (Å²) in [4.78, 5) is 44.8. The summed E-state index contributed by atoms with van der Waals surface area (Å²) in [6.45, 7) is 4.08. The molecule has 0 saturated heterocycles. The summed E-state index contributed by atoms with van der Waals surface area (Å²) in [5, 5.41) is 5.80. The largest absolute Gasteiger partial charge is 0.349 e. The van der Waals surface area contributed by atoms with Gasteiger partial charge in [-0.1, -0.05) is 62.7 Å². The van der Waals surface area contributed by atoms with Crippen LogP contribution in [0.2, 0.25) is 0 Å². The topological polar surface area (TPSA) is 79.4 Å². The van der Waals surface area contributed by atoms with Crippen molar-refractivity contribution in [3.05, 3.63) is 87.4 Å². The van der Waals surface area contributed by atoms with E-state index >= 15 is 0 Å². The van der Waals surface area contributed by atoms with E-state index in [1.165, 1.54) is 5.56 Å². The number of thiazole rings is 1. The number of nitrogens with one attached hydrogen (secondary N) is 1. The fourth-order valence-electron chi connectivity index (χ4n) is 3.88. The molecule has 164 valence electrons. The fraction of sp³-hybridized carbons (Fsp3) is 0.280. The number of benzene rings is 2. The van der Waals surface area contributed by atoms with E-state index in [2.05, 4.69) is 22.4 Å². The first kappa shape index (κ1) is 21.9. The second-order valence-corrected chi connectivity index (χ2v) is 8.91. The highest BCUT2D eigenvalue weighted by molar-refractivity contribution is 7.09. The molecule has 2 unspecified atom stereocenters. The lowest BCUT2D eigenvalue weighted by atomic mass is 9.96. The van der Waals surface area contributed by atoms with Crippen LogP contribution in [0.15, 0.2) is 60.0 Å². The number of hydrogen-bond donors (Lipinski definition) is 1. The molecule has 2 aromatic carbocycles. The molecule has 0 saturated carbocycles. The summed E-state index contributed by atoms with van der Waals surface area (Å²) in [5.74, 6) is -1.34. The minimum absolute atomic E-state index is 0.179. The minimum Gasteiger partial charge on any atom is -0.349 e. The molecule has 0 aliphatic carbocycles. The Morgan fingerprint density at radius 1 is 1.03 bits per heavy atom. The van der Waals surface area contributed by atoms with Crippen LogP contribution in [-0.2, 0) is 17.8 Å². The molecule has 6 nitrogen and oxygen atoms in total. The lowest BCUT2D eigenvalue weighted by Crippen LogP contribution is -2.52. The smallest absolute Gasteiger partial charge is 0.262 e. The van der Waals surface area contributed by atoms with Gasteiger partial charge in [0, 0.05) is 11.8 Å². The first-order valence-corrected chi connectivity index (χ1v) is 11.6. The summed E-state index contributed by atoms with van der Waals surface area (Å²) in [7, 11) is 0. The molecular formula is C25H25N3O3S. The molecule has 1 aliphatic heterocycles. The highest BCUT2D eigenvalue weighted by Crippen LogP contribution is 2.28. The monoisotopic (exact) mass is 447 g/mol. The molecule has 3 aromatic rings. The van der Waals surface area contributed by atoms with Gasteiger partial charge >= 0.3 is 0 Å². The standard InChI is InChI=1S/C25H25N3O3S/c1-3-16(2)22(28-24(30)19-11-7-8-12-20(19)25(28)31)23(29)26-14-18-15-32-21(27-18)13-17-9-5-4-6-10-17/h4-12,15-16,22H,3,13-14H2,1-2H3,(H,26,29). The average molecular weight is 448 g/mol. The molecule has 0 spiro atoms. The molecule has 3 amide bonds. The number of nitrogens with zero attached hydrogens (tertiary/aromatic N) is 2. The van der Waals surface area contributed by atoms with E-state index in [9.17, 15) is 14.4 Å². The zero-order valence-electron chi connectivity index (χ0n) is 18.1. The van der Waals surface area contributed by atoms with Gasteiger partial charge in [0.25, 0.3) is 11.8 Å². The Balaban J connectivity index is 1.46. The molecule has 7 heteroatoms. The zero-order chi connectivity index (χ0) is 22.7. The van der Waals surface area contributed by atoms with Gasteiger partial charge in [0.2, 0.25) is 5.91 Å². The van der Waals surface area contributed by atoms with Crippen molar-refractivity contribution in [2.75, 3.05) is 0 Å². The molecule has 1 aliphatic rings. The lowest BCUT2D eigenvalue weighted by Gasteiger charge is -2.29. The van der Waals surface area contributed by atoms with Gasteiger partial charge in [0.05, 0.1) is 28.4 Å². The summed E-state index contributed by atoms with van der Waals surface area (Å²) in [6.07, 6.45) is 1.40. The third-order valence-electron chi connectivity index (χ3n) is 5.80. The average Bonchev–Trinajstić information content (AvgIpc) is 3.36. The van der Waals surface area contributed by atoms with Gasteiger partial charge in [-0.15, -0.1) is 11.3 Å². The van der Waals surface area contributed by atoms with Crippen LogP contribution in [0, 0.1) is 5.92 Å². The highest BCUT2D eigenvalue weighted by atomic mass is 32.1. The SMILES string of the molecule is CCC(C)C(C(=O)NCc1csc(Cc2ccccc2)n1)N1C(=O)c2ccccc2C1=O. The van der Waals surface area contributed by atoms with Crippen LogP contribution in [0.5, 0.6) is 0 Å². The molecule has 4 rings (SSSR count). The molecule has 0 bridgehead atoms. The molecule has 32 heavy (non-hydrogen) atoms. The Morgan fingerprint density at radius 2 is 1.66 bits per heavy atom. The van der Waals surface area contributed by atoms with Crippen molar-refractivity contribution in [3.63, 3.8) is 0 Å². The number of imide groups is 1. The maximum atomic E-state index is 13.2. The number of aromatic nitrogens is 1. The quantitative estimate of drug-likeness (QED) is 0.528. The number of carbonyl (C=O) groups excluding carboxylic acids is 3. The predicted molar refractivity (Wildman–Crippen MR) is 123 cm³/mol. The minimum atomic E-state index is -0.866. The van der Waals surface area contributed by atoms with Crippen molar-refractivity contribution in [2.24, 2.45) is 5.92 Å². The van der Waals surface area contributed by atoms with Crippen molar-refractivity contribution in [3.8, 4) is 0 Å². The van der Waals surface area contributed by atoms with Crippen LogP contribution in [-0.4, -0.2) is 33.6 Å². The molecule has 2 atom stereocenters. The molecule has 1 N–H and O–H groups in total. The number of rotatable bonds is 8. The van der Waals surface area contributed by atoms with Crippen LogP contribution in [0.4, 0.5) is 0 Å². The first-order chi connectivity index (χ1) is 15.5. The number of amides is 3. The molecule has 0 radical (unpaired) electrons. The Bertz CT molecular complexity index is 1110. The highest BCUT2D eigenvalue weighted by Gasteiger charge is 2.44. The van der Waals surface area contributed by atoms with Gasteiger partial charge in [-0.25, -0.2) is 4.98 Å². The van der Waals surface area contributed by atoms with E-state index in [-0.39, 0.29) is 18.4 Å². The third-order valence-corrected chi connectivity index (χ3v) is 6.69. The summed E-state index contributed by atoms with van der Waals surface area (Å²) < 4.78 is 0. The predicted octanol–water partition coefficient (Wildman–Crippen LogP) is 4.06. The summed E-state index contributed by atoms with van der Waals surface area (Å²) in [6, 6.07) is 15.9. The fourth-order valence-corrected chi connectivity index (χ4v) is 4.71. The zero-order valence-corrected chi connectivity index (χ0v) is 18.9. The first-order valence-electron chi connectivity index (χ1n) is 10.7. The van der Waals surface area contributed by atoms with Crippen molar-refractivity contribution in [1.82, 2.24) is 15.2 Å². The summed E-state index contributed by atoms with van der Waals surface area (Å²) >= 11 is 1.55. The van der Waals surface area contributed by atoms with Gasteiger partial charge < -0.3 is 5.32 Å². The van der Waals surface area contributed by atoms with Gasteiger partial charge in [-0.05, 0) is 23.6 Å². The Hall–Kier alpha value is -3.32. The van der Waals surface area contributed by atoms with Crippen LogP contribution < -0.4 is 5.32 Å². The van der Waals surface area contributed by atoms with Crippen molar-refractivity contribution in [1.29, 1.82) is 0 Å². The molecule has 2 heterocycles. The van der Waals surface area contributed by atoms with Crippen molar-refractivity contribution in [2.45, 2.75) is 39.3 Å². The van der Waals surface area contributed by atoms with Crippen LogP contribution in [0.3, 0.4) is 0 Å². The van der Waals surface area contributed by atoms with E-state index in [0.29, 0.717) is 17.5 Å². The third kappa shape index (κ3) is 4.34. The molecule has 1 aromatic heterocycles. The van der Waals surface area contributed by atoms with Crippen molar-refractivity contribution >= 4 is 29.1 Å². The van der Waals surface area contributed by atoms with Crippen molar-refractivity contribution < 1.29 is 14.4 Å². The van der Waals surface area contributed by atoms with Gasteiger partial charge in [-0.2, -0.15) is 0 Å². The van der Waals surface area contributed by atoms with Gasteiger partial charge in [0.15, 0.2) is 0 Å². The maximum Gasteiger partial charge on any atom is 0.262 e. The summed E-state index contributed by atoms with van der Waals surface area (Å²) in [5.41, 5.74) is 2.65. The Kier molecular flexibility index (Phi) is 6.46. The molecule has 0 fully saturated rings. The molecular weight excluding hydrogens is 422 g/mol.